The van der Waals surface area contributed by atoms with E-state index in [1.54, 1.807) is 23.8 Å². The number of benzene rings is 1. The second-order valence-corrected chi connectivity index (χ2v) is 8.63. The average Bonchev–Trinajstić information content (AvgIpc) is 3.39. The molecule has 168 valence electrons. The first kappa shape index (κ1) is 22.7. The summed E-state index contributed by atoms with van der Waals surface area (Å²) in [7, 11) is 1.63. The Bertz CT molecular complexity index is 1390. The molecule has 0 amide bonds. The summed E-state index contributed by atoms with van der Waals surface area (Å²) in [4.78, 5) is 13.0. The van der Waals surface area contributed by atoms with Crippen molar-refractivity contribution < 1.29 is 14.3 Å². The molecule has 0 saturated heterocycles. The van der Waals surface area contributed by atoms with Gasteiger partial charge in [0.1, 0.15) is 23.8 Å². The number of aromatic nitrogens is 4. The smallest absolute Gasteiger partial charge is 0.262 e. The second-order valence-electron chi connectivity index (χ2n) is 7.24. The lowest BCUT2D eigenvalue weighted by Crippen LogP contribution is -2.03. The Labute approximate surface area is 199 Å². The minimum Gasteiger partial charge on any atom is -0.497 e. The number of methoxy groups -OCH3 is 1. The number of carbonyl (C=O) groups excluding carboxylic acids is 1. The van der Waals surface area contributed by atoms with Crippen molar-refractivity contribution in [3.05, 3.63) is 82.5 Å². The monoisotopic (exact) mass is 480 g/mol. The van der Waals surface area contributed by atoms with Gasteiger partial charge in [-0.3, -0.25) is 4.79 Å². The molecule has 0 bridgehead atoms. The van der Waals surface area contributed by atoms with Crippen molar-refractivity contribution in [2.45, 2.75) is 20.5 Å². The number of nitrogens with zero attached hydrogens (tertiary/aromatic N) is 4. The second kappa shape index (κ2) is 9.56. The number of allylic oxidation sites excluding steroid dienone is 2. The lowest BCUT2D eigenvalue weighted by atomic mass is 10.1. The number of ether oxygens (including phenoxy) is 2. The van der Waals surface area contributed by atoms with Crippen molar-refractivity contribution in [3.63, 3.8) is 0 Å². The summed E-state index contributed by atoms with van der Waals surface area (Å²) in [5.74, 6) is 1.96. The van der Waals surface area contributed by atoms with E-state index >= 15 is 0 Å². The van der Waals surface area contributed by atoms with Crippen LogP contribution in [0.15, 0.2) is 55.1 Å². The van der Waals surface area contributed by atoms with E-state index in [0.717, 1.165) is 27.3 Å². The van der Waals surface area contributed by atoms with E-state index in [-0.39, 0.29) is 6.61 Å². The van der Waals surface area contributed by atoms with Gasteiger partial charge < -0.3 is 9.47 Å². The Morgan fingerprint density at radius 1 is 1.18 bits per heavy atom. The maximum absolute atomic E-state index is 11.6. The number of halogens is 1. The minimum absolute atomic E-state index is 0.150. The quantitative estimate of drug-likeness (QED) is 0.185. The van der Waals surface area contributed by atoms with Crippen LogP contribution in [-0.4, -0.2) is 32.2 Å². The van der Waals surface area contributed by atoms with Crippen molar-refractivity contribution in [3.8, 4) is 16.3 Å². The van der Waals surface area contributed by atoms with Crippen LogP contribution in [0.25, 0.3) is 22.0 Å². The number of hydrogen-bond acceptors (Lipinski definition) is 7. The fourth-order valence-corrected chi connectivity index (χ4v) is 4.60. The van der Waals surface area contributed by atoms with Crippen LogP contribution < -0.4 is 4.74 Å². The Morgan fingerprint density at radius 3 is 2.67 bits per heavy atom. The van der Waals surface area contributed by atoms with Crippen molar-refractivity contribution in [1.82, 2.24) is 19.8 Å². The van der Waals surface area contributed by atoms with Crippen LogP contribution in [0.1, 0.15) is 32.2 Å². The molecule has 4 aromatic rings. The summed E-state index contributed by atoms with van der Waals surface area (Å²) >= 11 is 6.98. The number of carbonyl (C=O) groups is 1. The maximum Gasteiger partial charge on any atom is 0.262 e. The van der Waals surface area contributed by atoms with Crippen molar-refractivity contribution >= 4 is 39.6 Å². The SMILES string of the molecule is C=C/C=C(/OCc1nnc2ccc(-c3cc(C)c(C(=O)Cl)s3)nn12)c1ccc(OC)cc1C. The van der Waals surface area contributed by atoms with Crippen molar-refractivity contribution in [2.75, 3.05) is 7.11 Å². The van der Waals surface area contributed by atoms with Gasteiger partial charge in [-0.05, 0) is 79.0 Å². The summed E-state index contributed by atoms with van der Waals surface area (Å²) in [6.45, 7) is 7.78. The van der Waals surface area contributed by atoms with Crippen LogP contribution in [0.3, 0.4) is 0 Å². The van der Waals surface area contributed by atoms with Crippen LogP contribution in [0.5, 0.6) is 5.75 Å². The highest BCUT2D eigenvalue weighted by Crippen LogP contribution is 2.31. The third-order valence-corrected chi connectivity index (χ3v) is 6.56. The van der Waals surface area contributed by atoms with E-state index in [4.69, 9.17) is 21.1 Å². The van der Waals surface area contributed by atoms with Crippen LogP contribution >= 0.6 is 22.9 Å². The lowest BCUT2D eigenvalue weighted by Gasteiger charge is -2.13. The molecule has 0 aliphatic rings. The zero-order valence-electron chi connectivity index (χ0n) is 18.3. The Hall–Kier alpha value is -3.49. The van der Waals surface area contributed by atoms with Crippen LogP contribution in [0, 0.1) is 13.8 Å². The third-order valence-electron chi connectivity index (χ3n) is 5.00. The van der Waals surface area contributed by atoms with Gasteiger partial charge in [0.15, 0.2) is 11.5 Å². The Balaban J connectivity index is 1.63. The molecule has 1 aromatic carbocycles. The predicted octanol–water partition coefficient (Wildman–Crippen LogP) is 5.60. The van der Waals surface area contributed by atoms with Crippen LogP contribution in [0.2, 0.25) is 0 Å². The zero-order valence-corrected chi connectivity index (χ0v) is 19.9. The molecule has 9 heteroatoms. The standard InChI is InChI=1S/C24H21ClN4O3S/c1-5-6-19(17-8-7-16(31-4)11-14(17)2)32-13-22-27-26-21-10-9-18(28-29(21)22)20-12-15(3)23(33-20)24(25)30/h5-12H,1,13H2,2-4H3/b19-6+. The fourth-order valence-electron chi connectivity index (χ4n) is 3.36. The normalized spacial score (nSPS) is 11.6. The molecule has 0 aliphatic carbocycles. The molecule has 0 unspecified atom stereocenters. The summed E-state index contributed by atoms with van der Waals surface area (Å²) in [5.41, 5.74) is 4.03. The van der Waals surface area contributed by atoms with E-state index < -0.39 is 5.24 Å². The lowest BCUT2D eigenvalue weighted by molar-refractivity contribution is 0.108. The molecule has 0 aliphatic heterocycles. The highest BCUT2D eigenvalue weighted by Gasteiger charge is 2.16. The molecule has 0 spiro atoms. The summed E-state index contributed by atoms with van der Waals surface area (Å²) in [6.07, 6.45) is 3.47. The van der Waals surface area contributed by atoms with Gasteiger partial charge in [-0.1, -0.05) is 12.7 Å². The van der Waals surface area contributed by atoms with Gasteiger partial charge in [0, 0.05) is 5.56 Å². The molecule has 7 nitrogen and oxygen atoms in total. The maximum atomic E-state index is 11.6. The third kappa shape index (κ3) is 4.67. The van der Waals surface area contributed by atoms with E-state index in [9.17, 15) is 4.79 Å². The predicted molar refractivity (Wildman–Crippen MR) is 130 cm³/mol. The number of rotatable bonds is 8. The molecule has 33 heavy (non-hydrogen) atoms. The number of hydrogen-bond donors (Lipinski definition) is 0. The Kier molecular flexibility index (Phi) is 6.57. The average molecular weight is 481 g/mol. The van der Waals surface area contributed by atoms with Crippen molar-refractivity contribution in [1.29, 1.82) is 0 Å². The fraction of sp³-hybridized carbons (Fsp3) is 0.167. The number of aryl methyl sites for hydroxylation is 2. The summed E-state index contributed by atoms with van der Waals surface area (Å²) in [6, 6.07) is 11.3. The first-order valence-electron chi connectivity index (χ1n) is 10.0. The van der Waals surface area contributed by atoms with Gasteiger partial charge >= 0.3 is 0 Å². The highest BCUT2D eigenvalue weighted by atomic mass is 35.5. The molecular weight excluding hydrogens is 460 g/mol. The number of thiophene rings is 1. The zero-order chi connectivity index (χ0) is 23.5. The molecule has 0 atom stereocenters. The summed E-state index contributed by atoms with van der Waals surface area (Å²) < 4.78 is 13.0. The van der Waals surface area contributed by atoms with Gasteiger partial charge in [-0.25, -0.2) is 0 Å². The molecular formula is C24H21ClN4O3S. The largest absolute Gasteiger partial charge is 0.497 e. The van der Waals surface area contributed by atoms with E-state index in [1.165, 1.54) is 11.3 Å². The molecule has 4 rings (SSSR count). The van der Waals surface area contributed by atoms with E-state index in [0.29, 0.717) is 27.8 Å². The van der Waals surface area contributed by atoms with Gasteiger partial charge in [-0.15, -0.1) is 21.5 Å². The molecule has 0 saturated carbocycles. The van der Waals surface area contributed by atoms with Gasteiger partial charge in [0.2, 0.25) is 0 Å². The minimum atomic E-state index is -0.474. The summed E-state index contributed by atoms with van der Waals surface area (Å²) in [5, 5.41) is 12.6. The van der Waals surface area contributed by atoms with Gasteiger partial charge in [0.25, 0.3) is 5.24 Å². The van der Waals surface area contributed by atoms with Crippen LogP contribution in [-0.2, 0) is 11.3 Å². The van der Waals surface area contributed by atoms with Crippen LogP contribution in [0.4, 0.5) is 0 Å². The van der Waals surface area contributed by atoms with E-state index in [2.05, 4.69) is 21.9 Å². The molecule has 0 radical (unpaired) electrons. The first-order valence-corrected chi connectivity index (χ1v) is 11.2. The first-order chi connectivity index (χ1) is 15.9. The van der Waals surface area contributed by atoms with Gasteiger partial charge in [0.05, 0.1) is 16.9 Å². The highest BCUT2D eigenvalue weighted by molar-refractivity contribution is 7.19. The topological polar surface area (TPSA) is 78.6 Å². The molecule has 3 aromatic heterocycles. The molecule has 0 N–H and O–H groups in total. The van der Waals surface area contributed by atoms with Crippen molar-refractivity contribution in [2.24, 2.45) is 0 Å². The number of fused-ring (bicyclic) bond motifs is 1. The molecule has 0 fully saturated rings. The molecule has 3 heterocycles. The van der Waals surface area contributed by atoms with E-state index in [1.807, 2.05) is 50.2 Å². The Morgan fingerprint density at radius 2 is 2.00 bits per heavy atom. The van der Waals surface area contributed by atoms with Gasteiger partial charge in [-0.2, -0.15) is 9.61 Å².